The molecule has 2 unspecified atom stereocenters. The zero-order valence-corrected chi connectivity index (χ0v) is 10.4. The second kappa shape index (κ2) is 4.81. The summed E-state index contributed by atoms with van der Waals surface area (Å²) in [6.07, 6.45) is 7.31. The Balaban J connectivity index is 1.68. The summed E-state index contributed by atoms with van der Waals surface area (Å²) < 4.78 is 0. The van der Waals surface area contributed by atoms with Crippen LogP contribution in [0.5, 0.6) is 0 Å². The second-order valence-corrected chi connectivity index (χ2v) is 5.91. The van der Waals surface area contributed by atoms with Crippen molar-refractivity contribution in [3.63, 3.8) is 0 Å². The number of hydrogen-bond donors (Lipinski definition) is 1. The van der Waals surface area contributed by atoms with E-state index >= 15 is 0 Å². The largest absolute Gasteiger partial charge is 0.393 e. The molecular weight excluding hydrogens is 208 g/mol. The smallest absolute Gasteiger partial charge is 0.0543 e. The minimum Gasteiger partial charge on any atom is -0.393 e. The highest BCUT2D eigenvalue weighted by Crippen LogP contribution is 2.45. The van der Waals surface area contributed by atoms with Crippen LogP contribution in [-0.4, -0.2) is 11.2 Å². The van der Waals surface area contributed by atoms with Gasteiger partial charge in [-0.15, -0.1) is 0 Å². The minimum absolute atomic E-state index is 0.00970. The molecule has 1 heteroatoms. The van der Waals surface area contributed by atoms with E-state index in [0.717, 1.165) is 30.6 Å². The molecule has 1 aromatic carbocycles. The number of rotatable bonds is 1. The van der Waals surface area contributed by atoms with E-state index in [1.54, 1.807) is 0 Å². The molecule has 0 aliphatic heterocycles. The van der Waals surface area contributed by atoms with Crippen molar-refractivity contribution in [1.29, 1.82) is 0 Å². The third-order valence-electron chi connectivity index (χ3n) is 4.86. The van der Waals surface area contributed by atoms with Crippen molar-refractivity contribution >= 4 is 0 Å². The number of fused-ring (bicyclic) bond motifs is 1. The number of benzene rings is 1. The van der Waals surface area contributed by atoms with Crippen LogP contribution >= 0.6 is 0 Å². The topological polar surface area (TPSA) is 20.2 Å². The normalized spacial score (nSPS) is 37.5. The molecule has 1 nitrogen and oxygen atoms in total. The molecule has 0 spiro atoms. The lowest BCUT2D eigenvalue weighted by molar-refractivity contribution is 0.0442. The molecule has 1 N–H and O–H groups in total. The molecule has 0 heterocycles. The minimum atomic E-state index is -0.00970. The monoisotopic (exact) mass is 230 g/mol. The van der Waals surface area contributed by atoms with E-state index in [0.29, 0.717) is 0 Å². The Labute approximate surface area is 104 Å². The summed E-state index contributed by atoms with van der Waals surface area (Å²) in [4.78, 5) is 0. The first-order chi connectivity index (χ1) is 8.33. The first-order valence-electron chi connectivity index (χ1n) is 7.06. The van der Waals surface area contributed by atoms with Gasteiger partial charge >= 0.3 is 0 Å². The van der Waals surface area contributed by atoms with Gasteiger partial charge in [0.05, 0.1) is 6.10 Å². The Hall–Kier alpha value is -0.820. The van der Waals surface area contributed by atoms with Gasteiger partial charge in [0.15, 0.2) is 0 Å². The van der Waals surface area contributed by atoms with Crippen molar-refractivity contribution in [2.24, 2.45) is 11.8 Å². The van der Waals surface area contributed by atoms with Gasteiger partial charge in [-0.1, -0.05) is 30.3 Å². The Morgan fingerprint density at radius 1 is 0.824 bits per heavy atom. The van der Waals surface area contributed by atoms with Gasteiger partial charge in [0.2, 0.25) is 0 Å². The third kappa shape index (κ3) is 2.40. The molecule has 0 aromatic heterocycles. The Morgan fingerprint density at radius 3 is 2.35 bits per heavy atom. The summed E-state index contributed by atoms with van der Waals surface area (Å²) in [5, 5.41) is 9.73. The molecule has 3 rings (SSSR count). The average molecular weight is 230 g/mol. The molecular formula is C16H22O. The summed E-state index contributed by atoms with van der Waals surface area (Å²) in [5.74, 6) is 2.45. The maximum absolute atomic E-state index is 9.73. The molecule has 0 amide bonds. The highest BCUT2D eigenvalue weighted by molar-refractivity contribution is 5.20. The van der Waals surface area contributed by atoms with Crippen molar-refractivity contribution in [3.8, 4) is 0 Å². The fourth-order valence-electron chi connectivity index (χ4n) is 3.89. The number of hydrogen-bond acceptors (Lipinski definition) is 1. The van der Waals surface area contributed by atoms with Crippen LogP contribution in [0.1, 0.15) is 50.0 Å². The van der Waals surface area contributed by atoms with Crippen LogP contribution < -0.4 is 0 Å². The molecule has 0 bridgehead atoms. The van der Waals surface area contributed by atoms with Crippen molar-refractivity contribution in [3.05, 3.63) is 35.9 Å². The van der Waals surface area contributed by atoms with E-state index in [1.165, 1.54) is 31.2 Å². The predicted molar refractivity (Wildman–Crippen MR) is 69.9 cm³/mol. The van der Waals surface area contributed by atoms with E-state index in [-0.39, 0.29) is 6.10 Å². The van der Waals surface area contributed by atoms with Crippen LogP contribution in [0.15, 0.2) is 30.3 Å². The van der Waals surface area contributed by atoms with Crippen LogP contribution in [0.4, 0.5) is 0 Å². The van der Waals surface area contributed by atoms with Gasteiger partial charge in [-0.25, -0.2) is 0 Å². The van der Waals surface area contributed by atoms with Gasteiger partial charge in [0, 0.05) is 0 Å². The van der Waals surface area contributed by atoms with Crippen molar-refractivity contribution in [2.45, 2.75) is 50.5 Å². The Bertz CT molecular complexity index is 359. The van der Waals surface area contributed by atoms with E-state index in [1.807, 2.05) is 0 Å². The molecule has 0 radical (unpaired) electrons. The van der Waals surface area contributed by atoms with Crippen LogP contribution in [0.2, 0.25) is 0 Å². The maximum atomic E-state index is 9.73. The number of aliphatic hydroxyl groups is 1. The van der Waals surface area contributed by atoms with Gasteiger partial charge in [-0.2, -0.15) is 0 Å². The molecule has 1 aromatic rings. The van der Waals surface area contributed by atoms with Crippen LogP contribution in [0.25, 0.3) is 0 Å². The zero-order chi connectivity index (χ0) is 11.7. The van der Waals surface area contributed by atoms with Crippen LogP contribution in [0, 0.1) is 11.8 Å². The first-order valence-corrected chi connectivity index (χ1v) is 7.06. The SMILES string of the molecule is O[C@H]1CCC2C[C@@H](c3ccccc3)CCC2C1. The lowest BCUT2D eigenvalue weighted by Gasteiger charge is -2.41. The molecule has 2 aliphatic rings. The standard InChI is InChI=1S/C16H22O/c17-16-9-8-14-10-13(6-7-15(14)11-16)12-4-2-1-3-5-12/h1-5,13-17H,6-11H2/t13-,14?,15?,16-/m0/s1. The summed E-state index contributed by atoms with van der Waals surface area (Å²) in [6, 6.07) is 11.0. The number of aliphatic hydroxyl groups excluding tert-OH is 1. The molecule has 17 heavy (non-hydrogen) atoms. The Kier molecular flexibility index (Phi) is 3.19. The fraction of sp³-hybridized carbons (Fsp3) is 0.625. The molecule has 92 valence electrons. The molecule has 2 fully saturated rings. The highest BCUT2D eigenvalue weighted by atomic mass is 16.3. The summed E-state index contributed by atoms with van der Waals surface area (Å²) in [5.41, 5.74) is 1.53. The van der Waals surface area contributed by atoms with E-state index in [9.17, 15) is 5.11 Å². The molecule has 0 saturated heterocycles. The van der Waals surface area contributed by atoms with Crippen LogP contribution in [0.3, 0.4) is 0 Å². The molecule has 2 aliphatic carbocycles. The molecule has 2 saturated carbocycles. The van der Waals surface area contributed by atoms with Gasteiger partial charge in [-0.05, 0) is 61.8 Å². The van der Waals surface area contributed by atoms with Crippen molar-refractivity contribution in [1.82, 2.24) is 0 Å². The first kappa shape index (κ1) is 11.3. The lowest BCUT2D eigenvalue weighted by Crippen LogP contribution is -2.32. The average Bonchev–Trinajstić information content (AvgIpc) is 2.39. The maximum Gasteiger partial charge on any atom is 0.0543 e. The lowest BCUT2D eigenvalue weighted by atomic mass is 9.65. The van der Waals surface area contributed by atoms with Crippen LogP contribution in [-0.2, 0) is 0 Å². The van der Waals surface area contributed by atoms with Gasteiger partial charge < -0.3 is 5.11 Å². The van der Waals surface area contributed by atoms with Gasteiger partial charge in [-0.3, -0.25) is 0 Å². The van der Waals surface area contributed by atoms with Gasteiger partial charge in [0.25, 0.3) is 0 Å². The van der Waals surface area contributed by atoms with E-state index in [4.69, 9.17) is 0 Å². The summed E-state index contributed by atoms with van der Waals surface area (Å²) in [6.45, 7) is 0. The highest BCUT2D eigenvalue weighted by Gasteiger charge is 2.35. The van der Waals surface area contributed by atoms with Crippen molar-refractivity contribution in [2.75, 3.05) is 0 Å². The fourth-order valence-corrected chi connectivity index (χ4v) is 3.89. The second-order valence-electron chi connectivity index (χ2n) is 5.91. The summed E-state index contributed by atoms with van der Waals surface area (Å²) >= 11 is 0. The van der Waals surface area contributed by atoms with Gasteiger partial charge in [0.1, 0.15) is 0 Å². The third-order valence-corrected chi connectivity index (χ3v) is 4.86. The molecule has 4 atom stereocenters. The predicted octanol–water partition coefficient (Wildman–Crippen LogP) is 3.73. The van der Waals surface area contributed by atoms with Crippen molar-refractivity contribution < 1.29 is 5.11 Å². The quantitative estimate of drug-likeness (QED) is 0.779. The van der Waals surface area contributed by atoms with E-state index in [2.05, 4.69) is 30.3 Å². The van der Waals surface area contributed by atoms with E-state index < -0.39 is 0 Å². The zero-order valence-electron chi connectivity index (χ0n) is 10.4. The Morgan fingerprint density at radius 2 is 1.53 bits per heavy atom. The summed E-state index contributed by atoms with van der Waals surface area (Å²) in [7, 11) is 0.